The SMILES string of the molecule is CC.CC(C)(O)C=O.Cc1ccc(Cc2ccc(Cc3ccc(C(=O)C(C)(C)O)cc3)c(C(=O)C(C)(C)O)c2)cc1. The molecule has 3 aromatic rings. The summed E-state index contributed by atoms with van der Waals surface area (Å²) in [5.41, 5.74) is 1.98. The summed E-state index contributed by atoms with van der Waals surface area (Å²) in [7, 11) is 0. The fourth-order valence-electron chi connectivity index (χ4n) is 3.72. The van der Waals surface area contributed by atoms with Crippen molar-refractivity contribution in [2.24, 2.45) is 0 Å². The number of carbonyl (C=O) groups excluding carboxylic acids is 3. The van der Waals surface area contributed by atoms with E-state index in [4.69, 9.17) is 5.11 Å². The Kier molecular flexibility index (Phi) is 13.0. The molecule has 0 atom stereocenters. The molecule has 0 amide bonds. The fourth-order valence-corrected chi connectivity index (χ4v) is 3.72. The molecule has 0 aliphatic carbocycles. The average Bonchev–Trinajstić information content (AvgIpc) is 2.90. The number of aliphatic hydroxyl groups is 3. The number of rotatable bonds is 9. The monoisotopic (exact) mass is 562 g/mol. The highest BCUT2D eigenvalue weighted by Crippen LogP contribution is 2.24. The number of benzene rings is 3. The molecule has 0 aliphatic heterocycles. The quantitative estimate of drug-likeness (QED) is 0.216. The molecule has 3 rings (SSSR count). The van der Waals surface area contributed by atoms with Crippen LogP contribution in [0.3, 0.4) is 0 Å². The Labute approximate surface area is 245 Å². The molecule has 41 heavy (non-hydrogen) atoms. The first-order chi connectivity index (χ1) is 18.9. The van der Waals surface area contributed by atoms with E-state index < -0.39 is 16.8 Å². The zero-order chi connectivity index (χ0) is 31.6. The van der Waals surface area contributed by atoms with Gasteiger partial charge in [0, 0.05) is 11.1 Å². The normalized spacial score (nSPS) is 11.4. The zero-order valence-corrected chi connectivity index (χ0v) is 25.9. The van der Waals surface area contributed by atoms with Crippen LogP contribution in [0.25, 0.3) is 0 Å². The van der Waals surface area contributed by atoms with Gasteiger partial charge in [0.05, 0.1) is 0 Å². The van der Waals surface area contributed by atoms with E-state index in [1.807, 2.05) is 51.1 Å². The predicted octanol–water partition coefficient (Wildman–Crippen LogP) is 6.07. The first-order valence-corrected chi connectivity index (χ1v) is 13.9. The predicted molar refractivity (Wildman–Crippen MR) is 165 cm³/mol. The van der Waals surface area contributed by atoms with Gasteiger partial charge in [0.2, 0.25) is 0 Å². The molecule has 0 heterocycles. The molecule has 0 bridgehead atoms. The maximum absolute atomic E-state index is 13.1. The van der Waals surface area contributed by atoms with Crippen molar-refractivity contribution in [3.8, 4) is 0 Å². The second-order valence-electron chi connectivity index (χ2n) is 11.6. The molecule has 6 heteroatoms. The van der Waals surface area contributed by atoms with E-state index in [-0.39, 0.29) is 11.6 Å². The summed E-state index contributed by atoms with van der Waals surface area (Å²) in [4.78, 5) is 34.9. The van der Waals surface area contributed by atoms with E-state index in [0.717, 1.165) is 22.3 Å². The Bertz CT molecular complexity index is 1280. The number of aryl methyl sites for hydroxylation is 1. The van der Waals surface area contributed by atoms with Crippen molar-refractivity contribution in [3.63, 3.8) is 0 Å². The van der Waals surface area contributed by atoms with Gasteiger partial charge in [-0.3, -0.25) is 9.59 Å². The summed E-state index contributed by atoms with van der Waals surface area (Å²) < 4.78 is 0. The van der Waals surface area contributed by atoms with E-state index >= 15 is 0 Å². The Morgan fingerprint density at radius 1 is 0.659 bits per heavy atom. The number of aldehydes is 1. The second-order valence-corrected chi connectivity index (χ2v) is 11.6. The van der Waals surface area contributed by atoms with Gasteiger partial charge in [-0.25, -0.2) is 0 Å². The van der Waals surface area contributed by atoms with Gasteiger partial charge in [0.25, 0.3) is 0 Å². The Morgan fingerprint density at radius 2 is 1.07 bits per heavy atom. The molecule has 0 saturated heterocycles. The summed E-state index contributed by atoms with van der Waals surface area (Å²) in [6.07, 6.45) is 1.67. The second kappa shape index (κ2) is 15.0. The van der Waals surface area contributed by atoms with Crippen LogP contribution in [0, 0.1) is 6.92 Å². The molecule has 6 nitrogen and oxygen atoms in total. The van der Waals surface area contributed by atoms with Gasteiger partial charge in [0.15, 0.2) is 17.9 Å². The highest BCUT2D eigenvalue weighted by atomic mass is 16.3. The van der Waals surface area contributed by atoms with Gasteiger partial charge in [-0.2, -0.15) is 0 Å². The number of carbonyl (C=O) groups is 3. The molecule has 0 aromatic heterocycles. The van der Waals surface area contributed by atoms with Crippen molar-refractivity contribution in [2.45, 2.75) is 92.0 Å². The standard InChI is InChI=1S/C29H32O4.C4H8O2.C2H6/c1-19-6-8-20(9-7-19)16-22-12-15-24(25(18-22)27(31)29(4,5)33)17-21-10-13-23(14-11-21)26(30)28(2,3)32;1-4(2,6)3-5;1-2/h6-15,18,32-33H,16-17H2,1-5H3;3,6H,1-2H3;1-2H3. The first kappa shape index (κ1) is 35.6. The number of Topliss-reactive ketones (excluding diaryl/α,β-unsaturated/α-hetero) is 2. The molecule has 0 radical (unpaired) electrons. The molecule has 0 unspecified atom stereocenters. The van der Waals surface area contributed by atoms with Crippen LogP contribution in [0.4, 0.5) is 0 Å². The third kappa shape index (κ3) is 11.9. The van der Waals surface area contributed by atoms with Crippen molar-refractivity contribution in [1.82, 2.24) is 0 Å². The largest absolute Gasteiger partial charge is 0.383 e. The lowest BCUT2D eigenvalue weighted by Gasteiger charge is -2.19. The van der Waals surface area contributed by atoms with Crippen LogP contribution in [-0.2, 0) is 17.6 Å². The van der Waals surface area contributed by atoms with Gasteiger partial charge >= 0.3 is 0 Å². The van der Waals surface area contributed by atoms with Gasteiger partial charge in [0.1, 0.15) is 16.8 Å². The molecule has 0 fully saturated rings. The third-order valence-corrected chi connectivity index (χ3v) is 5.96. The molecule has 0 saturated carbocycles. The van der Waals surface area contributed by atoms with E-state index in [1.165, 1.54) is 47.1 Å². The van der Waals surface area contributed by atoms with Crippen LogP contribution in [-0.4, -0.2) is 50.0 Å². The van der Waals surface area contributed by atoms with Crippen LogP contribution in [0.1, 0.15) is 104 Å². The minimum atomic E-state index is -1.49. The van der Waals surface area contributed by atoms with Crippen molar-refractivity contribution in [3.05, 3.63) is 106 Å². The third-order valence-electron chi connectivity index (χ3n) is 5.96. The van der Waals surface area contributed by atoms with Crippen LogP contribution in [0.2, 0.25) is 0 Å². The van der Waals surface area contributed by atoms with Crippen molar-refractivity contribution in [1.29, 1.82) is 0 Å². The van der Waals surface area contributed by atoms with Crippen LogP contribution < -0.4 is 0 Å². The average molecular weight is 563 g/mol. The summed E-state index contributed by atoms with van der Waals surface area (Å²) in [5, 5.41) is 28.8. The first-order valence-electron chi connectivity index (χ1n) is 13.9. The Balaban J connectivity index is 0.000000931. The van der Waals surface area contributed by atoms with Gasteiger partial charge in [-0.05, 0) is 89.6 Å². The van der Waals surface area contributed by atoms with Gasteiger partial charge in [-0.1, -0.05) is 80.1 Å². The fraction of sp³-hybridized carbons (Fsp3) is 0.400. The van der Waals surface area contributed by atoms with E-state index in [0.29, 0.717) is 30.3 Å². The maximum Gasteiger partial charge on any atom is 0.194 e. The molecular formula is C35H46O6. The van der Waals surface area contributed by atoms with Gasteiger partial charge in [-0.15, -0.1) is 0 Å². The number of hydrogen-bond acceptors (Lipinski definition) is 6. The molecule has 3 aromatic carbocycles. The summed E-state index contributed by atoms with van der Waals surface area (Å²) in [6.45, 7) is 14.9. The van der Waals surface area contributed by atoms with Crippen molar-refractivity contribution in [2.75, 3.05) is 0 Å². The summed E-state index contributed by atoms with van der Waals surface area (Å²) >= 11 is 0. The zero-order valence-electron chi connectivity index (χ0n) is 25.9. The van der Waals surface area contributed by atoms with Crippen molar-refractivity contribution >= 4 is 17.9 Å². The topological polar surface area (TPSA) is 112 Å². The summed E-state index contributed by atoms with van der Waals surface area (Å²) in [6, 6.07) is 21.2. The smallest absolute Gasteiger partial charge is 0.194 e. The van der Waals surface area contributed by atoms with E-state index in [9.17, 15) is 24.6 Å². The lowest BCUT2D eigenvalue weighted by Crippen LogP contribution is -2.32. The Morgan fingerprint density at radius 3 is 1.51 bits per heavy atom. The summed E-state index contributed by atoms with van der Waals surface area (Å²) in [5.74, 6) is -0.663. The molecule has 222 valence electrons. The van der Waals surface area contributed by atoms with Crippen LogP contribution in [0.15, 0.2) is 66.7 Å². The number of ketones is 2. The minimum absolute atomic E-state index is 0.322. The highest BCUT2D eigenvalue weighted by Gasteiger charge is 2.28. The molecule has 0 aliphatic rings. The maximum atomic E-state index is 13.1. The Hall–Kier alpha value is -3.45. The molecule has 0 spiro atoms. The van der Waals surface area contributed by atoms with Crippen LogP contribution >= 0.6 is 0 Å². The van der Waals surface area contributed by atoms with E-state index in [2.05, 4.69) is 24.3 Å². The number of hydrogen-bond donors (Lipinski definition) is 3. The van der Waals surface area contributed by atoms with Crippen molar-refractivity contribution < 1.29 is 29.7 Å². The van der Waals surface area contributed by atoms with E-state index in [1.54, 1.807) is 12.1 Å². The molecular weight excluding hydrogens is 516 g/mol. The van der Waals surface area contributed by atoms with Gasteiger partial charge < -0.3 is 20.1 Å². The minimum Gasteiger partial charge on any atom is -0.383 e. The van der Waals surface area contributed by atoms with Crippen LogP contribution in [0.5, 0.6) is 0 Å². The lowest BCUT2D eigenvalue weighted by atomic mass is 9.88. The molecule has 3 N–H and O–H groups in total. The lowest BCUT2D eigenvalue weighted by molar-refractivity contribution is -0.120. The highest BCUT2D eigenvalue weighted by molar-refractivity contribution is 6.03.